The molecule has 0 unspecified atom stereocenters. The van der Waals surface area contributed by atoms with Crippen LogP contribution in [0.15, 0.2) is 64.7 Å². The number of guanidine groups is 1. The number of aryl methyl sites for hydroxylation is 1. The number of benzene rings is 1. The zero-order valence-electron chi connectivity index (χ0n) is 13.4. The number of hydrogen-bond donors (Lipinski definition) is 2. The summed E-state index contributed by atoms with van der Waals surface area (Å²) in [6.45, 7) is 7.91. The lowest BCUT2D eigenvalue weighted by atomic mass is 10.1. The van der Waals surface area contributed by atoms with Gasteiger partial charge in [0.1, 0.15) is 5.76 Å². The molecule has 1 aromatic heterocycles. The fourth-order valence-electron chi connectivity index (χ4n) is 2.08. The van der Waals surface area contributed by atoms with Crippen LogP contribution in [0.25, 0.3) is 0 Å². The van der Waals surface area contributed by atoms with Gasteiger partial charge in [0.25, 0.3) is 0 Å². The van der Waals surface area contributed by atoms with E-state index in [1.165, 1.54) is 11.1 Å². The molecule has 2 rings (SSSR count). The van der Waals surface area contributed by atoms with Crippen LogP contribution in [-0.4, -0.2) is 19.0 Å². The van der Waals surface area contributed by atoms with Gasteiger partial charge in [-0.1, -0.05) is 35.9 Å². The zero-order valence-corrected chi connectivity index (χ0v) is 15.7. The first-order valence-corrected chi connectivity index (χ1v) is 7.49. The summed E-state index contributed by atoms with van der Waals surface area (Å²) in [7, 11) is 0. The third-order valence-corrected chi connectivity index (χ3v) is 3.16. The summed E-state index contributed by atoms with van der Waals surface area (Å²) in [4.78, 5) is 4.61. The summed E-state index contributed by atoms with van der Waals surface area (Å²) in [6.07, 6.45) is 4.33. The number of nitrogens with one attached hydrogen (secondary N) is 2. The van der Waals surface area contributed by atoms with Gasteiger partial charge < -0.3 is 15.1 Å². The second-order valence-corrected chi connectivity index (χ2v) is 5.08. The second-order valence-electron chi connectivity index (χ2n) is 5.08. The van der Waals surface area contributed by atoms with Gasteiger partial charge in [-0.15, -0.1) is 30.6 Å². The van der Waals surface area contributed by atoms with Crippen LogP contribution in [0.4, 0.5) is 0 Å². The molecule has 0 saturated heterocycles. The molecule has 1 heterocycles. The van der Waals surface area contributed by atoms with Crippen molar-refractivity contribution < 1.29 is 4.42 Å². The van der Waals surface area contributed by atoms with Crippen LogP contribution in [0.1, 0.15) is 16.9 Å². The number of nitrogens with zero attached hydrogens (tertiary/aromatic N) is 1. The lowest BCUT2D eigenvalue weighted by Gasteiger charge is -2.11. The summed E-state index contributed by atoms with van der Waals surface area (Å²) < 4.78 is 5.32. The normalized spacial score (nSPS) is 10.7. The highest BCUT2D eigenvalue weighted by Gasteiger charge is 2.00. The molecule has 23 heavy (non-hydrogen) atoms. The number of furan rings is 1. The van der Waals surface area contributed by atoms with Gasteiger partial charge in [0.05, 0.1) is 12.8 Å². The van der Waals surface area contributed by atoms with E-state index in [9.17, 15) is 0 Å². The molecular formula is C18H24IN3O. The van der Waals surface area contributed by atoms with Gasteiger partial charge >= 0.3 is 0 Å². The van der Waals surface area contributed by atoms with Gasteiger partial charge in [-0.3, -0.25) is 0 Å². The van der Waals surface area contributed by atoms with E-state index in [1.807, 2.05) is 18.2 Å². The number of hydrogen-bond acceptors (Lipinski definition) is 2. The van der Waals surface area contributed by atoms with Crippen LogP contribution < -0.4 is 10.6 Å². The quantitative estimate of drug-likeness (QED) is 0.308. The Morgan fingerprint density at radius 2 is 2.13 bits per heavy atom. The van der Waals surface area contributed by atoms with Crippen molar-refractivity contribution >= 4 is 29.9 Å². The Bertz CT molecular complexity index is 608. The largest absolute Gasteiger partial charge is 0.469 e. The molecule has 1 aromatic carbocycles. The van der Waals surface area contributed by atoms with Crippen molar-refractivity contribution in [3.63, 3.8) is 0 Å². The molecule has 0 radical (unpaired) electrons. The van der Waals surface area contributed by atoms with E-state index in [1.54, 1.807) is 6.26 Å². The molecule has 0 aliphatic heterocycles. The van der Waals surface area contributed by atoms with Crippen molar-refractivity contribution in [2.24, 2.45) is 4.99 Å². The monoisotopic (exact) mass is 425 g/mol. The first kappa shape index (κ1) is 19.3. The predicted octanol–water partition coefficient (Wildman–Crippen LogP) is 3.67. The van der Waals surface area contributed by atoms with Gasteiger partial charge in [-0.2, -0.15) is 0 Å². The predicted molar refractivity (Wildman–Crippen MR) is 106 cm³/mol. The highest BCUT2D eigenvalue weighted by atomic mass is 127. The molecule has 2 N–H and O–H groups in total. The van der Waals surface area contributed by atoms with Crippen LogP contribution in [0, 0.1) is 6.92 Å². The maximum Gasteiger partial charge on any atom is 0.191 e. The highest BCUT2D eigenvalue weighted by molar-refractivity contribution is 14.0. The molecule has 5 heteroatoms. The highest BCUT2D eigenvalue weighted by Crippen LogP contribution is 2.05. The Labute approximate surface area is 155 Å². The summed E-state index contributed by atoms with van der Waals surface area (Å²) in [5, 5.41) is 6.53. The maximum atomic E-state index is 5.32. The molecule has 0 atom stereocenters. The topological polar surface area (TPSA) is 49.6 Å². The molecular weight excluding hydrogens is 401 g/mol. The molecule has 0 aliphatic rings. The van der Waals surface area contributed by atoms with E-state index in [2.05, 4.69) is 53.4 Å². The van der Waals surface area contributed by atoms with Crippen LogP contribution in [-0.2, 0) is 13.0 Å². The minimum atomic E-state index is 0. The number of halogens is 1. The van der Waals surface area contributed by atoms with Gasteiger partial charge in [-0.05, 0) is 24.6 Å². The van der Waals surface area contributed by atoms with Crippen LogP contribution in [0.5, 0.6) is 0 Å². The van der Waals surface area contributed by atoms with Crippen LogP contribution >= 0.6 is 24.0 Å². The zero-order chi connectivity index (χ0) is 15.6. The molecule has 0 spiro atoms. The van der Waals surface area contributed by atoms with Crippen molar-refractivity contribution in [2.75, 3.05) is 13.1 Å². The lowest BCUT2D eigenvalue weighted by Crippen LogP contribution is -2.38. The average Bonchev–Trinajstić information content (AvgIpc) is 3.03. The Hall–Kier alpha value is -1.76. The Morgan fingerprint density at radius 1 is 1.26 bits per heavy atom. The van der Waals surface area contributed by atoms with Crippen molar-refractivity contribution in [2.45, 2.75) is 19.9 Å². The third kappa shape index (κ3) is 7.36. The molecule has 4 nitrogen and oxygen atoms in total. The van der Waals surface area contributed by atoms with E-state index in [-0.39, 0.29) is 24.0 Å². The molecule has 0 aliphatic carbocycles. The Kier molecular flexibility index (Phi) is 9.12. The van der Waals surface area contributed by atoms with E-state index in [0.717, 1.165) is 24.7 Å². The second kappa shape index (κ2) is 10.9. The number of aliphatic imine (C=N–C) groups is 1. The van der Waals surface area contributed by atoms with Crippen LogP contribution in [0.2, 0.25) is 0 Å². The Balaban J connectivity index is 0.00000264. The van der Waals surface area contributed by atoms with Crippen molar-refractivity contribution in [1.82, 2.24) is 10.6 Å². The van der Waals surface area contributed by atoms with Crippen molar-refractivity contribution in [3.8, 4) is 0 Å². The molecule has 0 fully saturated rings. The van der Waals surface area contributed by atoms with Crippen LogP contribution in [0.3, 0.4) is 0 Å². The maximum absolute atomic E-state index is 5.32. The fraction of sp³-hybridized carbons (Fsp3) is 0.278. The van der Waals surface area contributed by atoms with Crippen molar-refractivity contribution in [1.29, 1.82) is 0 Å². The van der Waals surface area contributed by atoms with E-state index in [0.29, 0.717) is 13.1 Å². The lowest BCUT2D eigenvalue weighted by molar-refractivity contribution is 0.507. The molecule has 2 aromatic rings. The minimum Gasteiger partial charge on any atom is -0.469 e. The van der Waals surface area contributed by atoms with Gasteiger partial charge in [0.15, 0.2) is 5.96 Å². The van der Waals surface area contributed by atoms with Gasteiger partial charge in [-0.25, -0.2) is 4.99 Å². The minimum absolute atomic E-state index is 0. The van der Waals surface area contributed by atoms with E-state index in [4.69, 9.17) is 4.42 Å². The summed E-state index contributed by atoms with van der Waals surface area (Å²) in [5.41, 5.74) is 2.45. The summed E-state index contributed by atoms with van der Waals surface area (Å²) >= 11 is 0. The summed E-state index contributed by atoms with van der Waals surface area (Å²) in [5.74, 6) is 1.75. The SMILES string of the molecule is C=CCNC(=NCc1cccc(C)c1)NCCc1ccco1.I. The number of rotatable bonds is 7. The van der Waals surface area contributed by atoms with Crippen molar-refractivity contribution in [3.05, 3.63) is 72.2 Å². The van der Waals surface area contributed by atoms with E-state index < -0.39 is 0 Å². The first-order chi connectivity index (χ1) is 10.8. The van der Waals surface area contributed by atoms with Gasteiger partial charge in [0, 0.05) is 19.5 Å². The molecule has 0 saturated carbocycles. The Morgan fingerprint density at radius 3 is 2.83 bits per heavy atom. The van der Waals surface area contributed by atoms with E-state index >= 15 is 0 Å². The smallest absolute Gasteiger partial charge is 0.191 e. The van der Waals surface area contributed by atoms with Gasteiger partial charge in [0.2, 0.25) is 0 Å². The first-order valence-electron chi connectivity index (χ1n) is 7.49. The third-order valence-electron chi connectivity index (χ3n) is 3.16. The molecule has 124 valence electrons. The molecule has 0 bridgehead atoms. The standard InChI is InChI=1S/C18H23N3O.HI/c1-3-10-19-18(20-11-9-17-8-5-12-22-17)21-14-16-7-4-6-15(2)13-16;/h3-8,12-13H,1,9-11,14H2,2H3,(H2,19,20,21);1H. The summed E-state index contributed by atoms with van der Waals surface area (Å²) in [6, 6.07) is 12.3. The average molecular weight is 425 g/mol. The fourth-order valence-corrected chi connectivity index (χ4v) is 2.08. The molecule has 0 amide bonds.